The summed E-state index contributed by atoms with van der Waals surface area (Å²) < 4.78 is -0.774. The van der Waals surface area contributed by atoms with Crippen molar-refractivity contribution in [1.82, 2.24) is 9.80 Å². The highest BCUT2D eigenvalue weighted by Crippen LogP contribution is 2.61. The zero-order chi connectivity index (χ0) is 25.4. The molecule has 1 aromatic rings. The van der Waals surface area contributed by atoms with Crippen molar-refractivity contribution in [3.05, 3.63) is 54.6 Å². The third-order valence-corrected chi connectivity index (χ3v) is 9.68. The number of nitrogens with zero attached hydrogens (tertiary/aromatic N) is 3. The molecule has 5 rings (SSSR count). The number of carbonyl (C=O) groups is 3. The van der Waals surface area contributed by atoms with E-state index in [1.54, 1.807) is 21.6 Å². The fraction of sp³-hybridized carbons (Fsp3) is 0.536. The summed E-state index contributed by atoms with van der Waals surface area (Å²) in [5.41, 5.74) is 0.820. The molecule has 1 spiro atoms. The normalized spacial score (nSPS) is 31.6. The third kappa shape index (κ3) is 3.98. The van der Waals surface area contributed by atoms with Crippen molar-refractivity contribution < 1.29 is 19.5 Å². The standard InChI is InChI=1S/C28H35N3O4S/c1-19(2)29-17-10-14-28-23(26(34)31(24(28)27(29)35)15-7-4-8-18-32)22-21(36-28)13-9-16-30(25(22)33)20-11-5-3-6-12-20/h3,5-6,9-14,19,21-24,32H,4,7-8,15-18H2,1-2H3/t21-,22+,23+,24?,28+/m1/s1. The van der Waals surface area contributed by atoms with Crippen LogP contribution in [0, 0.1) is 11.8 Å². The summed E-state index contributed by atoms with van der Waals surface area (Å²) in [6.45, 7) is 5.54. The van der Waals surface area contributed by atoms with Crippen molar-refractivity contribution in [3.8, 4) is 0 Å². The summed E-state index contributed by atoms with van der Waals surface area (Å²) in [4.78, 5) is 47.6. The first kappa shape index (κ1) is 25.1. The summed E-state index contributed by atoms with van der Waals surface area (Å²) >= 11 is 1.62. The molecule has 2 fully saturated rings. The Morgan fingerprint density at radius 1 is 1.00 bits per heavy atom. The molecule has 5 atom stereocenters. The number of anilines is 1. The molecule has 3 amide bonds. The van der Waals surface area contributed by atoms with Gasteiger partial charge in [0, 0.05) is 43.2 Å². The van der Waals surface area contributed by atoms with Gasteiger partial charge in [-0.05, 0) is 45.2 Å². The van der Waals surface area contributed by atoms with Crippen LogP contribution < -0.4 is 4.90 Å². The van der Waals surface area contributed by atoms with E-state index in [9.17, 15) is 19.5 Å². The Balaban J connectivity index is 1.55. The van der Waals surface area contributed by atoms with Crippen LogP contribution in [0.5, 0.6) is 0 Å². The molecular weight excluding hydrogens is 474 g/mol. The SMILES string of the molecule is CC(C)N1CC=C[C@]23S[C@@H]4C=CCN(c5ccccc5)C(=O)[C@@H]4[C@H]2C(=O)N(CCCCCO)C3C1=O. The molecule has 4 aliphatic rings. The fourth-order valence-electron chi connectivity index (χ4n) is 6.27. The van der Waals surface area contributed by atoms with E-state index in [4.69, 9.17) is 0 Å². The Labute approximate surface area is 217 Å². The van der Waals surface area contributed by atoms with E-state index in [0.29, 0.717) is 32.5 Å². The molecule has 36 heavy (non-hydrogen) atoms. The molecule has 1 unspecified atom stereocenters. The lowest BCUT2D eigenvalue weighted by molar-refractivity contribution is -0.143. The van der Waals surface area contributed by atoms with Gasteiger partial charge in [0.05, 0.1) is 16.6 Å². The quantitative estimate of drug-likeness (QED) is 0.452. The number of carbonyl (C=O) groups excluding carboxylic acids is 3. The minimum Gasteiger partial charge on any atom is -0.396 e. The van der Waals surface area contributed by atoms with Crippen LogP contribution in [-0.2, 0) is 14.4 Å². The van der Waals surface area contributed by atoms with E-state index < -0.39 is 22.6 Å². The lowest BCUT2D eigenvalue weighted by atomic mass is 9.78. The number of benzene rings is 1. The molecule has 0 bridgehead atoms. The van der Waals surface area contributed by atoms with Gasteiger partial charge in [0.25, 0.3) is 0 Å². The van der Waals surface area contributed by atoms with Crippen LogP contribution >= 0.6 is 11.8 Å². The minimum atomic E-state index is -0.774. The summed E-state index contributed by atoms with van der Waals surface area (Å²) in [5.74, 6) is -1.30. The van der Waals surface area contributed by atoms with Gasteiger partial charge in [-0.1, -0.05) is 42.5 Å². The minimum absolute atomic E-state index is 0.00896. The molecule has 4 aliphatic heterocycles. The van der Waals surface area contributed by atoms with Gasteiger partial charge in [-0.25, -0.2) is 0 Å². The molecule has 0 aliphatic carbocycles. The molecule has 1 N–H and O–H groups in total. The Morgan fingerprint density at radius 3 is 2.50 bits per heavy atom. The lowest BCUT2D eigenvalue weighted by Crippen LogP contribution is -2.54. The van der Waals surface area contributed by atoms with E-state index in [-0.39, 0.29) is 35.6 Å². The smallest absolute Gasteiger partial charge is 0.247 e. The Bertz CT molecular complexity index is 1070. The van der Waals surface area contributed by atoms with Gasteiger partial charge < -0.3 is 19.8 Å². The van der Waals surface area contributed by atoms with Crippen LogP contribution in [0.2, 0.25) is 0 Å². The molecule has 0 saturated carbocycles. The van der Waals surface area contributed by atoms with E-state index in [2.05, 4.69) is 12.2 Å². The molecule has 8 heteroatoms. The summed E-state index contributed by atoms with van der Waals surface area (Å²) in [7, 11) is 0. The van der Waals surface area contributed by atoms with Gasteiger partial charge in [0.2, 0.25) is 17.7 Å². The predicted octanol–water partition coefficient (Wildman–Crippen LogP) is 2.86. The largest absolute Gasteiger partial charge is 0.396 e. The maximum Gasteiger partial charge on any atom is 0.247 e. The second kappa shape index (κ2) is 10.1. The number of likely N-dealkylation sites (tertiary alicyclic amines) is 1. The molecule has 4 heterocycles. The number of thioether (sulfide) groups is 1. The molecular formula is C28H35N3O4S. The summed E-state index contributed by atoms with van der Waals surface area (Å²) in [5, 5.41) is 9.04. The zero-order valence-electron chi connectivity index (χ0n) is 21.0. The average Bonchev–Trinajstić information content (AvgIpc) is 3.17. The highest BCUT2D eigenvalue weighted by Gasteiger charge is 2.71. The highest BCUT2D eigenvalue weighted by atomic mass is 32.2. The zero-order valence-corrected chi connectivity index (χ0v) is 21.8. The second-order valence-electron chi connectivity index (χ2n) is 10.4. The summed E-state index contributed by atoms with van der Waals surface area (Å²) in [6.07, 6.45) is 10.4. The second-order valence-corrected chi connectivity index (χ2v) is 11.8. The van der Waals surface area contributed by atoms with E-state index in [0.717, 1.165) is 12.1 Å². The van der Waals surface area contributed by atoms with E-state index in [1.165, 1.54) is 0 Å². The van der Waals surface area contributed by atoms with Gasteiger partial charge in [-0.2, -0.15) is 0 Å². The first-order valence-electron chi connectivity index (χ1n) is 13.0. The van der Waals surface area contributed by atoms with Crippen LogP contribution in [-0.4, -0.2) is 80.9 Å². The number of hydrogen-bond acceptors (Lipinski definition) is 5. The van der Waals surface area contributed by atoms with Crippen LogP contribution in [0.15, 0.2) is 54.6 Å². The van der Waals surface area contributed by atoms with E-state index in [1.807, 2.05) is 61.2 Å². The monoisotopic (exact) mass is 509 g/mol. The molecule has 7 nitrogen and oxygen atoms in total. The van der Waals surface area contributed by atoms with Crippen molar-refractivity contribution in [1.29, 1.82) is 0 Å². The molecule has 192 valence electrons. The van der Waals surface area contributed by atoms with Crippen LogP contribution in [0.4, 0.5) is 5.69 Å². The maximum absolute atomic E-state index is 14.2. The number of rotatable bonds is 7. The van der Waals surface area contributed by atoms with Gasteiger partial charge >= 0.3 is 0 Å². The van der Waals surface area contributed by atoms with Gasteiger partial charge in [-0.3, -0.25) is 14.4 Å². The van der Waals surface area contributed by atoms with Crippen molar-refractivity contribution in [2.24, 2.45) is 11.8 Å². The first-order valence-corrected chi connectivity index (χ1v) is 13.9. The number of fused-ring (bicyclic) bond motifs is 2. The predicted molar refractivity (Wildman–Crippen MR) is 141 cm³/mol. The topological polar surface area (TPSA) is 81.2 Å². The number of unbranched alkanes of at least 4 members (excludes halogenated alkanes) is 2. The fourth-order valence-corrected chi connectivity index (χ4v) is 8.28. The molecule has 0 radical (unpaired) electrons. The third-order valence-electron chi connectivity index (χ3n) is 7.94. The number of para-hydroxylation sites is 1. The van der Waals surface area contributed by atoms with Gasteiger partial charge in [0.1, 0.15) is 6.04 Å². The van der Waals surface area contributed by atoms with Crippen molar-refractivity contribution in [2.75, 3.05) is 31.1 Å². The van der Waals surface area contributed by atoms with Gasteiger partial charge in [0.15, 0.2) is 0 Å². The molecule has 1 aromatic carbocycles. The molecule has 0 aromatic heterocycles. The van der Waals surface area contributed by atoms with E-state index >= 15 is 0 Å². The Hall–Kier alpha value is -2.58. The van der Waals surface area contributed by atoms with Crippen LogP contribution in [0.1, 0.15) is 33.1 Å². The van der Waals surface area contributed by atoms with Crippen molar-refractivity contribution >= 4 is 35.2 Å². The first-order chi connectivity index (χ1) is 17.4. The number of amides is 3. The van der Waals surface area contributed by atoms with Crippen molar-refractivity contribution in [2.45, 2.75) is 55.2 Å². The number of aliphatic hydroxyl groups is 1. The number of aliphatic hydroxyl groups excluding tert-OH is 1. The highest BCUT2D eigenvalue weighted by molar-refractivity contribution is 8.02. The molecule has 2 saturated heterocycles. The maximum atomic E-state index is 14.2. The average molecular weight is 510 g/mol. The lowest BCUT2D eigenvalue weighted by Gasteiger charge is -2.36. The van der Waals surface area contributed by atoms with Crippen molar-refractivity contribution in [3.63, 3.8) is 0 Å². The Kier molecular flexibility index (Phi) is 7.01. The number of hydrogen-bond donors (Lipinski definition) is 1. The van der Waals surface area contributed by atoms with Gasteiger partial charge in [-0.15, -0.1) is 11.8 Å². The van der Waals surface area contributed by atoms with Crippen LogP contribution in [0.3, 0.4) is 0 Å². The summed E-state index contributed by atoms with van der Waals surface area (Å²) in [6, 6.07) is 8.98. The van der Waals surface area contributed by atoms with Crippen LogP contribution in [0.25, 0.3) is 0 Å². The Morgan fingerprint density at radius 2 is 1.78 bits per heavy atom.